The lowest BCUT2D eigenvalue weighted by Crippen LogP contribution is -2.31. The zero-order chi connectivity index (χ0) is 26.2. The Hall–Kier alpha value is -3.12. The molecule has 9 nitrogen and oxygen atoms in total. The highest BCUT2D eigenvalue weighted by molar-refractivity contribution is 7.90. The molecule has 35 heavy (non-hydrogen) atoms. The predicted octanol–water partition coefficient (Wildman–Crippen LogP) is 3.93. The summed E-state index contributed by atoms with van der Waals surface area (Å²) in [5.41, 5.74) is 0.427. The van der Waals surface area contributed by atoms with Gasteiger partial charge in [-0.05, 0) is 49.7 Å². The van der Waals surface area contributed by atoms with E-state index in [1.807, 2.05) is 0 Å². The smallest absolute Gasteiger partial charge is 0.338 e. The van der Waals surface area contributed by atoms with E-state index >= 15 is 0 Å². The number of esters is 1. The molecule has 2 aromatic rings. The van der Waals surface area contributed by atoms with Gasteiger partial charge in [0.15, 0.2) is 11.5 Å². The van der Waals surface area contributed by atoms with Crippen molar-refractivity contribution < 1.29 is 41.4 Å². The van der Waals surface area contributed by atoms with Gasteiger partial charge in [-0.25, -0.2) is 27.1 Å². The summed E-state index contributed by atoms with van der Waals surface area (Å²) in [5.74, 6) is -0.424. The number of benzene rings is 2. The Morgan fingerprint density at radius 1 is 1.11 bits per heavy atom. The number of alkyl halides is 2. The second-order valence-corrected chi connectivity index (χ2v) is 9.71. The number of rotatable bonds is 13. The third-order valence-electron chi connectivity index (χ3n) is 4.83. The minimum absolute atomic E-state index is 0.00426. The van der Waals surface area contributed by atoms with E-state index in [4.69, 9.17) is 14.2 Å². The molecule has 0 aliphatic rings. The van der Waals surface area contributed by atoms with Gasteiger partial charge in [0.05, 0.1) is 55.6 Å². The molecular weight excluding hydrogens is 486 g/mol. The molecule has 2 N–H and O–H groups in total. The van der Waals surface area contributed by atoms with Crippen molar-refractivity contribution in [1.29, 1.82) is 0 Å². The van der Waals surface area contributed by atoms with Gasteiger partial charge in [0.1, 0.15) is 9.84 Å². The van der Waals surface area contributed by atoms with Crippen LogP contribution < -0.4 is 19.9 Å². The number of nitrogens with one attached hydrogen (secondary N) is 1. The van der Waals surface area contributed by atoms with Crippen molar-refractivity contribution in [3.8, 4) is 11.5 Å². The van der Waals surface area contributed by atoms with Crippen LogP contribution in [-0.4, -0.2) is 64.9 Å². The zero-order valence-electron chi connectivity index (χ0n) is 20.0. The molecule has 0 aliphatic carbocycles. The first kappa shape index (κ1) is 28.1. The molecule has 0 bridgehead atoms. The fraction of sp³-hybridized carbons (Fsp3) is 0.435. The highest BCUT2D eigenvalue weighted by atomic mass is 32.2. The summed E-state index contributed by atoms with van der Waals surface area (Å²) in [6.45, 7) is 3.06. The van der Waals surface area contributed by atoms with Gasteiger partial charge < -0.3 is 19.5 Å². The van der Waals surface area contributed by atoms with Crippen LogP contribution in [0, 0.1) is 0 Å². The SMILES string of the molecule is CCOC(=O)c1ccc(N(O)C(CS(C)(=O)=O)c2ccc(OC)c(OCC)c2)c(NCC(F)F)c1. The first-order valence-electron chi connectivity index (χ1n) is 10.8. The number of anilines is 2. The standard InChI is InChI=1S/C23H30F2N2O7S/c1-5-33-21-12-15(8-10-20(21)32-3)19(14-35(4,30)31)27(29)18-9-7-16(23(28)34-6-2)11-17(18)26-13-22(24)25/h7-12,19,22,26,29H,5-6,13-14H2,1-4H3. The minimum Gasteiger partial charge on any atom is -0.493 e. The fourth-order valence-electron chi connectivity index (χ4n) is 3.34. The zero-order valence-corrected chi connectivity index (χ0v) is 20.8. The van der Waals surface area contributed by atoms with Crippen LogP contribution in [0.5, 0.6) is 11.5 Å². The van der Waals surface area contributed by atoms with Gasteiger partial charge >= 0.3 is 5.97 Å². The molecule has 0 aliphatic heterocycles. The normalized spacial score (nSPS) is 12.2. The van der Waals surface area contributed by atoms with E-state index in [1.165, 1.54) is 25.3 Å². The van der Waals surface area contributed by atoms with Crippen molar-refractivity contribution >= 4 is 27.2 Å². The molecule has 12 heteroatoms. The Morgan fingerprint density at radius 2 is 1.83 bits per heavy atom. The molecule has 0 amide bonds. The van der Waals surface area contributed by atoms with E-state index in [-0.39, 0.29) is 23.5 Å². The van der Waals surface area contributed by atoms with Gasteiger partial charge in [0.2, 0.25) is 0 Å². The van der Waals surface area contributed by atoms with Crippen molar-refractivity contribution in [3.05, 3.63) is 47.5 Å². The summed E-state index contributed by atoms with van der Waals surface area (Å²) in [6.07, 6.45) is -1.70. The Kier molecular flexibility index (Phi) is 10.1. The van der Waals surface area contributed by atoms with Gasteiger partial charge in [-0.1, -0.05) is 6.07 Å². The van der Waals surface area contributed by atoms with Crippen LogP contribution in [0.25, 0.3) is 0 Å². The number of hydrogen-bond donors (Lipinski definition) is 2. The van der Waals surface area contributed by atoms with Crippen LogP contribution in [0.15, 0.2) is 36.4 Å². The number of carbonyl (C=O) groups excluding carboxylic acids is 1. The Morgan fingerprint density at radius 3 is 2.40 bits per heavy atom. The second kappa shape index (κ2) is 12.5. The van der Waals surface area contributed by atoms with Crippen LogP contribution in [0.3, 0.4) is 0 Å². The Labute approximate surface area is 203 Å². The molecule has 0 spiro atoms. The van der Waals surface area contributed by atoms with Crippen molar-refractivity contribution in [2.24, 2.45) is 0 Å². The highest BCUT2D eigenvalue weighted by Crippen LogP contribution is 2.37. The van der Waals surface area contributed by atoms with Crippen LogP contribution in [-0.2, 0) is 14.6 Å². The van der Waals surface area contributed by atoms with E-state index in [2.05, 4.69) is 5.32 Å². The number of ether oxygens (including phenoxy) is 3. The third-order valence-corrected chi connectivity index (χ3v) is 5.75. The van der Waals surface area contributed by atoms with Crippen molar-refractivity contribution in [1.82, 2.24) is 0 Å². The van der Waals surface area contributed by atoms with Gasteiger partial charge in [0.25, 0.3) is 6.43 Å². The summed E-state index contributed by atoms with van der Waals surface area (Å²) in [4.78, 5) is 12.1. The quantitative estimate of drug-likeness (QED) is 0.302. The summed E-state index contributed by atoms with van der Waals surface area (Å²) in [6, 6.07) is 7.47. The van der Waals surface area contributed by atoms with E-state index in [0.29, 0.717) is 28.7 Å². The number of hydrogen-bond acceptors (Lipinski definition) is 9. The van der Waals surface area contributed by atoms with Crippen molar-refractivity contribution in [3.63, 3.8) is 0 Å². The lowest BCUT2D eigenvalue weighted by Gasteiger charge is -2.30. The van der Waals surface area contributed by atoms with Gasteiger partial charge in [0, 0.05) is 6.26 Å². The number of halogens is 2. The molecule has 1 unspecified atom stereocenters. The lowest BCUT2D eigenvalue weighted by atomic mass is 10.1. The molecule has 2 aromatic carbocycles. The molecular formula is C23H30F2N2O7S. The number of nitrogens with zero attached hydrogens (tertiary/aromatic N) is 1. The third kappa shape index (κ3) is 7.96. The largest absolute Gasteiger partial charge is 0.493 e. The van der Waals surface area contributed by atoms with Crippen LogP contribution >= 0.6 is 0 Å². The monoisotopic (exact) mass is 516 g/mol. The number of methoxy groups -OCH3 is 1. The molecule has 0 heterocycles. The second-order valence-electron chi connectivity index (χ2n) is 7.52. The summed E-state index contributed by atoms with van der Waals surface area (Å²) in [7, 11) is -2.17. The summed E-state index contributed by atoms with van der Waals surface area (Å²) < 4.78 is 66.1. The maximum atomic E-state index is 12.9. The molecule has 0 saturated carbocycles. The van der Waals surface area contributed by atoms with Crippen molar-refractivity contribution in [2.75, 3.05) is 49.3 Å². The Bertz CT molecular complexity index is 1110. The first-order chi connectivity index (χ1) is 16.5. The highest BCUT2D eigenvalue weighted by Gasteiger charge is 2.28. The average molecular weight is 517 g/mol. The minimum atomic E-state index is -3.62. The number of sulfone groups is 1. The van der Waals surface area contributed by atoms with Gasteiger partial charge in [-0.3, -0.25) is 5.21 Å². The van der Waals surface area contributed by atoms with E-state index in [1.54, 1.807) is 32.0 Å². The lowest BCUT2D eigenvalue weighted by molar-refractivity contribution is 0.0526. The molecule has 2 rings (SSSR count). The van der Waals surface area contributed by atoms with Gasteiger partial charge in [-0.2, -0.15) is 0 Å². The predicted molar refractivity (Wildman–Crippen MR) is 128 cm³/mol. The maximum absolute atomic E-state index is 12.9. The Balaban J connectivity index is 2.59. The van der Waals surface area contributed by atoms with E-state index in [9.17, 15) is 27.2 Å². The topological polar surface area (TPSA) is 114 Å². The van der Waals surface area contributed by atoms with Gasteiger partial charge in [-0.15, -0.1) is 0 Å². The van der Waals surface area contributed by atoms with Crippen LogP contribution in [0.4, 0.5) is 20.2 Å². The average Bonchev–Trinajstić information content (AvgIpc) is 2.80. The van der Waals surface area contributed by atoms with Crippen LogP contribution in [0.1, 0.15) is 35.8 Å². The van der Waals surface area contributed by atoms with E-state index in [0.717, 1.165) is 6.26 Å². The van der Waals surface area contributed by atoms with Crippen LogP contribution in [0.2, 0.25) is 0 Å². The molecule has 0 aromatic heterocycles. The molecule has 1 atom stereocenters. The molecule has 194 valence electrons. The molecule has 0 saturated heterocycles. The molecule has 0 fully saturated rings. The number of hydroxylamine groups is 1. The maximum Gasteiger partial charge on any atom is 0.338 e. The summed E-state index contributed by atoms with van der Waals surface area (Å²) >= 11 is 0. The van der Waals surface area contributed by atoms with E-state index < -0.39 is 40.6 Å². The van der Waals surface area contributed by atoms with Crippen molar-refractivity contribution in [2.45, 2.75) is 26.3 Å². The number of carbonyl (C=O) groups is 1. The summed E-state index contributed by atoms with van der Waals surface area (Å²) in [5, 5.41) is 14.3. The molecule has 0 radical (unpaired) electrons. The first-order valence-corrected chi connectivity index (χ1v) is 12.9. The fourth-order valence-corrected chi connectivity index (χ4v) is 4.24.